The Balaban J connectivity index is 1.19. The molecule has 1 spiro atoms. The van der Waals surface area contributed by atoms with Crippen LogP contribution in [0.2, 0.25) is 5.02 Å². The second kappa shape index (κ2) is 9.57. The van der Waals surface area contributed by atoms with Crippen LogP contribution in [0.15, 0.2) is 46.9 Å². The van der Waals surface area contributed by atoms with E-state index < -0.39 is 11.7 Å². The smallest absolute Gasteiger partial charge is 0.414 e. The van der Waals surface area contributed by atoms with Crippen molar-refractivity contribution in [3.05, 3.63) is 51.7 Å². The molecule has 0 aliphatic carbocycles. The number of likely N-dealkylation sites (tertiary alicyclic amines) is 1. The van der Waals surface area contributed by atoms with Gasteiger partial charge in [0.1, 0.15) is 11.4 Å². The zero-order chi connectivity index (χ0) is 21.7. The van der Waals surface area contributed by atoms with E-state index in [4.69, 9.17) is 25.9 Å². The van der Waals surface area contributed by atoms with E-state index in [0.29, 0.717) is 49.7 Å². The summed E-state index contributed by atoms with van der Waals surface area (Å²) in [5, 5.41) is 9.14. The molecular weight excluding hydrogens is 442 g/mol. The summed E-state index contributed by atoms with van der Waals surface area (Å²) in [6.07, 6.45) is 1.05. The van der Waals surface area contributed by atoms with Crippen LogP contribution in [-0.4, -0.2) is 48.1 Å². The van der Waals surface area contributed by atoms with E-state index in [0.717, 1.165) is 4.88 Å². The van der Waals surface area contributed by atoms with E-state index in [1.807, 2.05) is 17.5 Å². The van der Waals surface area contributed by atoms with Crippen molar-refractivity contribution in [2.75, 3.05) is 19.7 Å². The maximum atomic E-state index is 12.5. The van der Waals surface area contributed by atoms with Crippen molar-refractivity contribution in [2.24, 2.45) is 5.16 Å². The Morgan fingerprint density at radius 1 is 1.26 bits per heavy atom. The van der Waals surface area contributed by atoms with Crippen LogP contribution in [0.5, 0.6) is 5.75 Å². The molecule has 31 heavy (non-hydrogen) atoms. The predicted molar refractivity (Wildman–Crippen MR) is 116 cm³/mol. The Morgan fingerprint density at radius 2 is 2.10 bits per heavy atom. The Hall–Kier alpha value is -2.78. The summed E-state index contributed by atoms with van der Waals surface area (Å²) in [5.74, 6) is 0.715. The van der Waals surface area contributed by atoms with Crippen LogP contribution in [0.4, 0.5) is 4.79 Å². The number of amides is 2. The highest BCUT2D eigenvalue weighted by molar-refractivity contribution is 7.09. The molecule has 2 aliphatic heterocycles. The third-order valence-electron chi connectivity index (χ3n) is 5.20. The van der Waals surface area contributed by atoms with E-state index in [-0.39, 0.29) is 18.4 Å². The molecule has 1 N–H and O–H groups in total. The molecule has 3 heterocycles. The normalized spacial score (nSPS) is 17.1. The third-order valence-corrected chi connectivity index (χ3v) is 6.31. The van der Waals surface area contributed by atoms with Crippen molar-refractivity contribution in [1.82, 2.24) is 10.2 Å². The number of nitrogens with one attached hydrogen (secondary N) is 1. The summed E-state index contributed by atoms with van der Waals surface area (Å²) < 4.78 is 10.8. The predicted octanol–water partition coefficient (Wildman–Crippen LogP) is 3.80. The number of nitrogens with zero attached hydrogens (tertiary/aromatic N) is 2. The number of oxime groups is 1. The van der Waals surface area contributed by atoms with Crippen LogP contribution >= 0.6 is 22.9 Å². The standard InChI is InChI=1S/C21H22ClN3O5S/c22-15-3-1-4-16(11-15)28-14-19(26)25-8-6-21(7-9-25)12-18(24-30-21)29-20(27)23-13-17-5-2-10-31-17/h1-5,10-11H,6-9,12-14H2,(H,23,27). The minimum atomic E-state index is -0.557. The van der Waals surface area contributed by atoms with Crippen molar-refractivity contribution in [3.63, 3.8) is 0 Å². The van der Waals surface area contributed by atoms with Crippen molar-refractivity contribution in [3.8, 4) is 5.75 Å². The lowest BCUT2D eigenvalue weighted by Crippen LogP contribution is -2.48. The number of hydrogen-bond donors (Lipinski definition) is 1. The molecule has 10 heteroatoms. The fourth-order valence-corrected chi connectivity index (χ4v) is 4.31. The zero-order valence-electron chi connectivity index (χ0n) is 16.7. The van der Waals surface area contributed by atoms with Gasteiger partial charge in [-0.2, -0.15) is 0 Å². The number of carbonyl (C=O) groups excluding carboxylic acids is 2. The van der Waals surface area contributed by atoms with Crippen molar-refractivity contribution >= 4 is 40.8 Å². The lowest BCUT2D eigenvalue weighted by molar-refractivity contribution is -0.139. The number of ether oxygens (including phenoxy) is 2. The Labute approximate surface area is 188 Å². The first-order chi connectivity index (χ1) is 15.0. The molecule has 2 amide bonds. The van der Waals surface area contributed by atoms with Crippen LogP contribution in [0.1, 0.15) is 24.1 Å². The Bertz CT molecular complexity index is 958. The van der Waals surface area contributed by atoms with Gasteiger partial charge in [-0.15, -0.1) is 11.3 Å². The fraction of sp³-hybridized carbons (Fsp3) is 0.381. The zero-order valence-corrected chi connectivity index (χ0v) is 18.3. The highest BCUT2D eigenvalue weighted by Gasteiger charge is 2.44. The first kappa shape index (κ1) is 21.5. The van der Waals surface area contributed by atoms with Crippen LogP contribution in [-0.2, 0) is 20.9 Å². The molecule has 1 fully saturated rings. The minimum Gasteiger partial charge on any atom is -0.484 e. The number of rotatable bonds is 5. The first-order valence-electron chi connectivity index (χ1n) is 9.91. The summed E-state index contributed by atoms with van der Waals surface area (Å²) in [6, 6.07) is 10.8. The first-order valence-corrected chi connectivity index (χ1v) is 11.2. The molecule has 8 nitrogen and oxygen atoms in total. The average molecular weight is 464 g/mol. The molecule has 4 rings (SSSR count). The quantitative estimate of drug-likeness (QED) is 0.728. The highest BCUT2D eigenvalue weighted by atomic mass is 35.5. The van der Waals surface area contributed by atoms with Gasteiger partial charge >= 0.3 is 6.09 Å². The number of hydrogen-bond acceptors (Lipinski definition) is 7. The lowest BCUT2D eigenvalue weighted by Gasteiger charge is -2.36. The van der Waals surface area contributed by atoms with Crippen LogP contribution in [0.3, 0.4) is 0 Å². The van der Waals surface area contributed by atoms with Gasteiger partial charge in [-0.25, -0.2) is 4.79 Å². The monoisotopic (exact) mass is 463 g/mol. The molecular formula is C21H22ClN3O5S. The number of alkyl carbamates (subject to hydrolysis) is 1. The second-order valence-corrected chi connectivity index (χ2v) is 8.85. The summed E-state index contributed by atoms with van der Waals surface area (Å²) in [4.78, 5) is 32.8. The fourth-order valence-electron chi connectivity index (χ4n) is 3.48. The summed E-state index contributed by atoms with van der Waals surface area (Å²) in [7, 11) is 0. The molecule has 0 saturated carbocycles. The largest absolute Gasteiger partial charge is 0.484 e. The number of piperidine rings is 1. The van der Waals surface area contributed by atoms with Gasteiger partial charge in [0.25, 0.3) is 5.91 Å². The highest BCUT2D eigenvalue weighted by Crippen LogP contribution is 2.35. The van der Waals surface area contributed by atoms with Crippen LogP contribution < -0.4 is 10.1 Å². The van der Waals surface area contributed by atoms with E-state index >= 15 is 0 Å². The summed E-state index contributed by atoms with van der Waals surface area (Å²) in [5.41, 5.74) is -0.534. The summed E-state index contributed by atoms with van der Waals surface area (Å²) in [6.45, 7) is 1.39. The minimum absolute atomic E-state index is 0.0521. The van der Waals surface area contributed by atoms with Crippen molar-refractivity contribution in [1.29, 1.82) is 0 Å². The maximum absolute atomic E-state index is 12.5. The van der Waals surface area contributed by atoms with Crippen LogP contribution in [0, 0.1) is 0 Å². The van der Waals surface area contributed by atoms with Gasteiger partial charge in [0.15, 0.2) is 6.61 Å². The van der Waals surface area contributed by atoms with Crippen molar-refractivity contribution < 1.29 is 23.9 Å². The van der Waals surface area contributed by atoms with Gasteiger partial charge in [-0.1, -0.05) is 28.9 Å². The van der Waals surface area contributed by atoms with Gasteiger partial charge in [-0.05, 0) is 29.6 Å². The molecule has 1 aromatic heterocycles. The number of benzene rings is 1. The van der Waals surface area contributed by atoms with E-state index in [9.17, 15) is 9.59 Å². The van der Waals surface area contributed by atoms with Gasteiger partial charge in [0.05, 0.1) is 13.0 Å². The molecule has 1 aromatic carbocycles. The molecule has 164 valence electrons. The second-order valence-electron chi connectivity index (χ2n) is 7.39. The third kappa shape index (κ3) is 5.68. The van der Waals surface area contributed by atoms with Gasteiger partial charge < -0.3 is 24.5 Å². The topological polar surface area (TPSA) is 89.5 Å². The molecule has 0 bridgehead atoms. The van der Waals surface area contributed by atoms with Crippen LogP contribution in [0.25, 0.3) is 0 Å². The molecule has 1 saturated heterocycles. The van der Waals surface area contributed by atoms with Gasteiger partial charge in [0, 0.05) is 35.8 Å². The van der Waals surface area contributed by atoms with Gasteiger partial charge in [0.2, 0.25) is 5.90 Å². The van der Waals surface area contributed by atoms with Gasteiger partial charge in [-0.3, -0.25) is 4.79 Å². The van der Waals surface area contributed by atoms with E-state index in [2.05, 4.69) is 10.5 Å². The van der Waals surface area contributed by atoms with E-state index in [1.165, 1.54) is 0 Å². The molecule has 2 aliphatic rings. The number of carbonyl (C=O) groups is 2. The average Bonchev–Trinajstić information content (AvgIpc) is 3.42. The Kier molecular flexibility index (Phi) is 6.62. The molecule has 0 atom stereocenters. The lowest BCUT2D eigenvalue weighted by atomic mass is 9.88. The number of halogens is 1. The summed E-state index contributed by atoms with van der Waals surface area (Å²) >= 11 is 7.49. The van der Waals surface area contributed by atoms with Crippen molar-refractivity contribution in [2.45, 2.75) is 31.4 Å². The molecule has 2 aromatic rings. The molecule has 0 unspecified atom stereocenters. The Morgan fingerprint density at radius 3 is 2.84 bits per heavy atom. The number of thiophene rings is 1. The SMILES string of the molecule is O=C(NCc1cccs1)OC1=NOC2(CCN(C(=O)COc3cccc(Cl)c3)CC2)C1. The maximum Gasteiger partial charge on any atom is 0.414 e. The molecule has 0 radical (unpaired) electrons. The van der Waals surface area contributed by atoms with E-state index in [1.54, 1.807) is 40.5 Å².